The molecule has 0 aliphatic carbocycles. The van der Waals surface area contributed by atoms with Crippen molar-refractivity contribution >= 4 is 17.4 Å². The van der Waals surface area contributed by atoms with Crippen molar-refractivity contribution in [2.45, 2.75) is 47.1 Å². The van der Waals surface area contributed by atoms with E-state index in [0.29, 0.717) is 30.9 Å². The third-order valence-electron chi connectivity index (χ3n) is 5.32. The molecule has 2 heterocycles. The molecule has 1 aliphatic rings. The van der Waals surface area contributed by atoms with E-state index in [0.717, 1.165) is 23.3 Å². The van der Waals surface area contributed by atoms with E-state index in [4.69, 9.17) is 4.74 Å². The maximum atomic E-state index is 13.4. The number of hydrogen-bond acceptors (Lipinski definition) is 5. The first-order chi connectivity index (χ1) is 15.3. The van der Waals surface area contributed by atoms with Gasteiger partial charge in [0.05, 0.1) is 11.7 Å². The average Bonchev–Trinajstić information content (AvgIpc) is 3.00. The smallest absolute Gasteiger partial charge is 0.277 e. The number of nitrogens with zero attached hydrogens (tertiary/aromatic N) is 3. The van der Waals surface area contributed by atoms with Crippen LogP contribution in [0.25, 0.3) is 5.57 Å². The van der Waals surface area contributed by atoms with E-state index in [2.05, 4.69) is 4.98 Å². The van der Waals surface area contributed by atoms with Crippen molar-refractivity contribution in [2.24, 2.45) is 5.92 Å². The van der Waals surface area contributed by atoms with Gasteiger partial charge in [-0.05, 0) is 68.5 Å². The zero-order valence-electron chi connectivity index (χ0n) is 19.7. The van der Waals surface area contributed by atoms with Gasteiger partial charge in [-0.15, -0.1) is 0 Å². The highest BCUT2D eigenvalue weighted by Gasteiger charge is 2.41. The van der Waals surface area contributed by atoms with Gasteiger partial charge in [-0.3, -0.25) is 19.5 Å². The Balaban J connectivity index is 1.97. The number of carbonyl (C=O) groups is 2. The number of aromatic nitrogens is 1. The molecule has 1 aromatic carbocycles. The highest BCUT2D eigenvalue weighted by Crippen LogP contribution is 2.33. The Morgan fingerprint density at radius 3 is 2.19 bits per heavy atom. The summed E-state index contributed by atoms with van der Waals surface area (Å²) in [5.41, 5.74) is 2.85. The number of hydrogen-bond donors (Lipinski definition) is 0. The Hall–Kier alpha value is -3.15. The van der Waals surface area contributed by atoms with Crippen LogP contribution in [0.5, 0.6) is 5.75 Å². The monoisotopic (exact) mass is 435 g/mol. The molecule has 0 atom stereocenters. The number of carbonyl (C=O) groups excluding carboxylic acids is 2. The predicted molar refractivity (Wildman–Crippen MR) is 126 cm³/mol. The van der Waals surface area contributed by atoms with Gasteiger partial charge in [-0.2, -0.15) is 0 Å². The molecule has 0 spiro atoms. The highest BCUT2D eigenvalue weighted by molar-refractivity contribution is 6.35. The van der Waals surface area contributed by atoms with Crippen LogP contribution in [-0.4, -0.2) is 52.3 Å². The van der Waals surface area contributed by atoms with Crippen LogP contribution in [0, 0.1) is 5.92 Å². The minimum Gasteiger partial charge on any atom is -0.491 e. The summed E-state index contributed by atoms with van der Waals surface area (Å²) in [4.78, 5) is 34.3. The molecule has 0 radical (unpaired) electrons. The molecule has 1 aliphatic heterocycles. The second-order valence-electron chi connectivity index (χ2n) is 8.71. The first-order valence-electron chi connectivity index (χ1n) is 11.3. The topological polar surface area (TPSA) is 62.7 Å². The first kappa shape index (κ1) is 23.5. The minimum atomic E-state index is -0.224. The van der Waals surface area contributed by atoms with Gasteiger partial charge in [-0.25, -0.2) is 0 Å². The van der Waals surface area contributed by atoms with E-state index in [9.17, 15) is 9.59 Å². The lowest BCUT2D eigenvalue weighted by molar-refractivity contribution is -0.138. The molecule has 0 N–H and O–H groups in total. The van der Waals surface area contributed by atoms with E-state index < -0.39 is 0 Å². The van der Waals surface area contributed by atoms with Gasteiger partial charge in [0.1, 0.15) is 11.4 Å². The van der Waals surface area contributed by atoms with Gasteiger partial charge in [0.2, 0.25) is 0 Å². The number of rotatable bonds is 10. The highest BCUT2D eigenvalue weighted by atomic mass is 16.5. The zero-order chi connectivity index (χ0) is 23.3. The second kappa shape index (κ2) is 10.4. The first-order valence-corrected chi connectivity index (χ1v) is 11.3. The molecule has 0 saturated carbocycles. The van der Waals surface area contributed by atoms with Crippen LogP contribution in [-0.2, 0) is 16.0 Å². The van der Waals surface area contributed by atoms with Crippen LogP contribution >= 0.6 is 0 Å². The van der Waals surface area contributed by atoms with Crippen LogP contribution in [0.4, 0.5) is 0 Å². The van der Waals surface area contributed by atoms with E-state index in [-0.39, 0.29) is 23.8 Å². The Labute approximate surface area is 190 Å². The number of pyridine rings is 1. The fraction of sp³-hybridized carbons (Fsp3) is 0.423. The Morgan fingerprint density at radius 1 is 0.969 bits per heavy atom. The number of benzene rings is 1. The Morgan fingerprint density at radius 2 is 1.62 bits per heavy atom. The van der Waals surface area contributed by atoms with Crippen molar-refractivity contribution in [3.05, 3.63) is 65.6 Å². The van der Waals surface area contributed by atoms with Gasteiger partial charge in [0.25, 0.3) is 11.8 Å². The molecule has 0 saturated heterocycles. The number of ether oxygens (including phenoxy) is 1. The molecule has 6 nitrogen and oxygen atoms in total. The molecule has 32 heavy (non-hydrogen) atoms. The van der Waals surface area contributed by atoms with E-state index >= 15 is 0 Å². The van der Waals surface area contributed by atoms with Crippen molar-refractivity contribution in [2.75, 3.05) is 19.6 Å². The molecule has 3 rings (SSSR count). The summed E-state index contributed by atoms with van der Waals surface area (Å²) >= 11 is 0. The van der Waals surface area contributed by atoms with E-state index in [1.54, 1.807) is 12.4 Å². The van der Waals surface area contributed by atoms with Gasteiger partial charge in [-0.1, -0.05) is 26.0 Å². The summed E-state index contributed by atoms with van der Waals surface area (Å²) in [6.45, 7) is 11.7. The third-order valence-corrected chi connectivity index (χ3v) is 5.32. The van der Waals surface area contributed by atoms with E-state index in [1.807, 2.05) is 75.9 Å². The largest absolute Gasteiger partial charge is 0.491 e. The molecule has 0 unspecified atom stereocenters. The summed E-state index contributed by atoms with van der Waals surface area (Å²) < 4.78 is 5.74. The Bertz CT molecular complexity index is 966. The van der Waals surface area contributed by atoms with Crippen LogP contribution in [0.3, 0.4) is 0 Å². The van der Waals surface area contributed by atoms with Crippen LogP contribution in [0.2, 0.25) is 0 Å². The lowest BCUT2D eigenvalue weighted by Gasteiger charge is -2.25. The summed E-state index contributed by atoms with van der Waals surface area (Å²) in [5, 5.41) is 0. The summed E-state index contributed by atoms with van der Waals surface area (Å²) in [6, 6.07) is 11.4. The molecule has 1 aromatic heterocycles. The molecular formula is C26H33N3O3. The molecule has 2 aromatic rings. The van der Waals surface area contributed by atoms with Crippen LogP contribution in [0.1, 0.15) is 45.7 Å². The quantitative estimate of drug-likeness (QED) is 0.524. The summed E-state index contributed by atoms with van der Waals surface area (Å²) in [7, 11) is 0. The standard InChI is InChI=1S/C26H33N3O3/c1-6-28(16-13-20-11-14-27-15-12-20)24-23(25(30)29(26(24)31)17-18(2)3)21-7-9-22(10-8-21)32-19(4)5/h7-12,14-15,18-19H,6,13,16-17H2,1-5H3. The average molecular weight is 436 g/mol. The molecule has 0 fully saturated rings. The fourth-order valence-electron chi connectivity index (χ4n) is 3.86. The van der Waals surface area contributed by atoms with Crippen molar-refractivity contribution in [3.63, 3.8) is 0 Å². The Kier molecular flexibility index (Phi) is 7.67. The SMILES string of the molecule is CCN(CCc1ccncc1)C1=C(c2ccc(OC(C)C)cc2)C(=O)N(CC(C)C)C1=O. The third kappa shape index (κ3) is 5.36. The lowest BCUT2D eigenvalue weighted by Crippen LogP contribution is -2.38. The van der Waals surface area contributed by atoms with Crippen LogP contribution in [0.15, 0.2) is 54.5 Å². The van der Waals surface area contributed by atoms with Crippen molar-refractivity contribution < 1.29 is 14.3 Å². The molecule has 2 amide bonds. The number of likely N-dealkylation sites (N-methyl/N-ethyl adjacent to an activating group) is 1. The lowest BCUT2D eigenvalue weighted by atomic mass is 10.0. The van der Waals surface area contributed by atoms with Gasteiger partial charge >= 0.3 is 0 Å². The number of imide groups is 1. The zero-order valence-corrected chi connectivity index (χ0v) is 19.7. The maximum Gasteiger partial charge on any atom is 0.277 e. The summed E-state index contributed by atoms with van der Waals surface area (Å²) in [5.74, 6) is 0.500. The second-order valence-corrected chi connectivity index (χ2v) is 8.71. The summed E-state index contributed by atoms with van der Waals surface area (Å²) in [6.07, 6.45) is 4.37. The number of amides is 2. The van der Waals surface area contributed by atoms with E-state index in [1.165, 1.54) is 4.90 Å². The van der Waals surface area contributed by atoms with Gasteiger partial charge < -0.3 is 9.64 Å². The molecule has 0 bridgehead atoms. The fourth-order valence-corrected chi connectivity index (χ4v) is 3.86. The molecular weight excluding hydrogens is 402 g/mol. The van der Waals surface area contributed by atoms with Crippen molar-refractivity contribution in [1.82, 2.24) is 14.8 Å². The van der Waals surface area contributed by atoms with Crippen molar-refractivity contribution in [3.8, 4) is 5.75 Å². The molecule has 170 valence electrons. The normalized spacial score (nSPS) is 14.2. The minimum absolute atomic E-state index is 0.0654. The van der Waals surface area contributed by atoms with Crippen molar-refractivity contribution in [1.29, 1.82) is 0 Å². The maximum absolute atomic E-state index is 13.4. The predicted octanol–water partition coefficient (Wildman–Crippen LogP) is 4.17. The van der Waals surface area contributed by atoms with Crippen LogP contribution < -0.4 is 4.74 Å². The van der Waals surface area contributed by atoms with Gasteiger partial charge in [0.15, 0.2) is 0 Å². The van der Waals surface area contributed by atoms with Gasteiger partial charge in [0, 0.05) is 32.0 Å². The molecule has 6 heteroatoms.